The van der Waals surface area contributed by atoms with Crippen molar-refractivity contribution in [3.63, 3.8) is 0 Å². The molecule has 2 unspecified atom stereocenters. The topological polar surface area (TPSA) is 109 Å². The first kappa shape index (κ1) is 25.7. The normalized spacial score (nSPS) is 25.4. The Morgan fingerprint density at radius 2 is 1.82 bits per heavy atom. The van der Waals surface area contributed by atoms with Gasteiger partial charge in [-0.1, -0.05) is 57.0 Å². The van der Waals surface area contributed by atoms with Crippen LogP contribution in [0.15, 0.2) is 30.3 Å². The maximum Gasteiger partial charge on any atom is 0.246 e. The van der Waals surface area contributed by atoms with E-state index in [-0.39, 0.29) is 17.7 Å². The van der Waals surface area contributed by atoms with Crippen LogP contribution in [-0.2, 0) is 14.4 Å². The van der Waals surface area contributed by atoms with E-state index in [9.17, 15) is 14.4 Å². The monoisotopic (exact) mass is 470 g/mol. The number of rotatable bonds is 2. The number of nitrogens with one attached hydrogen (secondary N) is 4. The van der Waals surface area contributed by atoms with Crippen LogP contribution in [0.5, 0.6) is 5.75 Å². The van der Waals surface area contributed by atoms with E-state index in [1.807, 2.05) is 36.4 Å². The van der Waals surface area contributed by atoms with Crippen molar-refractivity contribution in [3.8, 4) is 5.75 Å². The second-order valence-electron chi connectivity index (χ2n) is 9.64. The molecule has 34 heavy (non-hydrogen) atoms. The molecule has 2 aliphatic rings. The molecule has 1 spiro atoms. The van der Waals surface area contributed by atoms with Gasteiger partial charge in [0.05, 0.1) is 6.04 Å². The van der Waals surface area contributed by atoms with Crippen LogP contribution >= 0.6 is 0 Å². The largest absolute Gasteiger partial charge is 0.492 e. The molecule has 1 heterocycles. The average molecular weight is 471 g/mol. The van der Waals surface area contributed by atoms with Gasteiger partial charge in [0.1, 0.15) is 23.9 Å². The number of carbonyl (C=O) groups is 3. The predicted molar refractivity (Wildman–Crippen MR) is 132 cm³/mol. The van der Waals surface area contributed by atoms with E-state index in [4.69, 9.17) is 4.74 Å². The van der Waals surface area contributed by atoms with Gasteiger partial charge in [-0.25, -0.2) is 0 Å². The molecule has 8 heteroatoms. The van der Waals surface area contributed by atoms with Crippen molar-refractivity contribution in [1.82, 2.24) is 21.3 Å². The zero-order chi connectivity index (χ0) is 24.6. The predicted octanol–water partition coefficient (Wildman–Crippen LogP) is 2.15. The fourth-order valence-corrected chi connectivity index (χ4v) is 4.51. The summed E-state index contributed by atoms with van der Waals surface area (Å²) in [5.74, 6) is 0.279. The second-order valence-corrected chi connectivity index (χ2v) is 9.64. The van der Waals surface area contributed by atoms with E-state index in [1.165, 1.54) is 0 Å². The molecule has 0 radical (unpaired) electrons. The number of amides is 3. The van der Waals surface area contributed by atoms with Crippen LogP contribution in [0.25, 0.3) is 6.08 Å². The van der Waals surface area contributed by atoms with Gasteiger partial charge < -0.3 is 26.0 Å². The molecule has 0 aromatic heterocycles. The summed E-state index contributed by atoms with van der Waals surface area (Å²) in [6, 6.07) is 6.52. The minimum Gasteiger partial charge on any atom is -0.492 e. The highest BCUT2D eigenvalue weighted by molar-refractivity contribution is 5.96. The molecule has 8 nitrogen and oxygen atoms in total. The number of hydrogen-bond acceptors (Lipinski definition) is 5. The lowest BCUT2D eigenvalue weighted by atomic mass is 9.94. The van der Waals surface area contributed by atoms with E-state index in [1.54, 1.807) is 6.92 Å². The number of hydrogen-bond donors (Lipinski definition) is 4. The highest BCUT2D eigenvalue weighted by atomic mass is 16.5. The van der Waals surface area contributed by atoms with Gasteiger partial charge in [-0.3, -0.25) is 14.4 Å². The molecular weight excluding hydrogens is 432 g/mol. The minimum atomic E-state index is -0.983. The molecule has 3 amide bonds. The summed E-state index contributed by atoms with van der Waals surface area (Å²) >= 11 is 0. The van der Waals surface area contributed by atoms with Gasteiger partial charge in [0.15, 0.2) is 0 Å². The second kappa shape index (κ2) is 12.0. The lowest BCUT2D eigenvalue weighted by Crippen LogP contribution is -2.62. The lowest BCUT2D eigenvalue weighted by Gasteiger charge is -2.32. The third-order valence-corrected chi connectivity index (χ3v) is 6.38. The standard InChI is InChI=1S/C26H38N4O4/c1-18(2)17-21-24(32)30-26(12-6-7-13-26)25(33)29-19(3)23(31)28-14-8-10-20-9-4-5-11-22(20)34-16-15-27-21/h4-5,8-11,18-19,21,27H,6-7,12-17H2,1-3H3,(H,28,31)(H,29,33)(H,30,32)/b10-8+. The number of benzene rings is 1. The van der Waals surface area contributed by atoms with E-state index in [0.717, 1.165) is 24.2 Å². The Kier molecular flexibility index (Phi) is 9.10. The van der Waals surface area contributed by atoms with Crippen LogP contribution in [-0.4, -0.2) is 55.0 Å². The highest BCUT2D eigenvalue weighted by Crippen LogP contribution is 2.30. The third-order valence-electron chi connectivity index (χ3n) is 6.38. The number of ether oxygens (including phenoxy) is 1. The van der Waals surface area contributed by atoms with Crippen LogP contribution in [0, 0.1) is 5.92 Å². The summed E-state index contributed by atoms with van der Waals surface area (Å²) in [5.41, 5.74) is -0.0811. The molecule has 1 aliphatic carbocycles. The summed E-state index contributed by atoms with van der Waals surface area (Å²) in [6.07, 6.45) is 7.24. The fourth-order valence-electron chi connectivity index (χ4n) is 4.51. The first-order chi connectivity index (χ1) is 16.3. The summed E-state index contributed by atoms with van der Waals surface area (Å²) in [7, 11) is 0. The Balaban J connectivity index is 1.83. The van der Waals surface area contributed by atoms with Crippen molar-refractivity contribution in [1.29, 1.82) is 0 Å². The van der Waals surface area contributed by atoms with Crippen LogP contribution < -0.4 is 26.0 Å². The van der Waals surface area contributed by atoms with Crippen molar-refractivity contribution in [2.24, 2.45) is 5.92 Å². The Labute approximate surface area is 202 Å². The lowest BCUT2D eigenvalue weighted by molar-refractivity contribution is -0.136. The zero-order valence-corrected chi connectivity index (χ0v) is 20.5. The molecule has 1 aromatic rings. The Bertz CT molecular complexity index is 893. The molecule has 2 atom stereocenters. The molecule has 186 valence electrons. The van der Waals surface area contributed by atoms with Crippen LogP contribution in [0.1, 0.15) is 58.4 Å². The summed E-state index contributed by atoms with van der Waals surface area (Å²) in [4.78, 5) is 39.1. The summed E-state index contributed by atoms with van der Waals surface area (Å²) < 4.78 is 5.97. The van der Waals surface area contributed by atoms with Crippen molar-refractivity contribution in [2.45, 2.75) is 70.5 Å². The van der Waals surface area contributed by atoms with Crippen molar-refractivity contribution >= 4 is 23.8 Å². The highest BCUT2D eigenvalue weighted by Gasteiger charge is 2.44. The van der Waals surface area contributed by atoms with Gasteiger partial charge in [0.2, 0.25) is 17.7 Å². The smallest absolute Gasteiger partial charge is 0.246 e. The van der Waals surface area contributed by atoms with E-state index < -0.39 is 17.6 Å². The Morgan fingerprint density at radius 3 is 2.56 bits per heavy atom. The molecule has 1 saturated carbocycles. The number of para-hydroxylation sites is 1. The third kappa shape index (κ3) is 6.82. The average Bonchev–Trinajstić information content (AvgIpc) is 3.28. The van der Waals surface area contributed by atoms with Gasteiger partial charge in [-0.2, -0.15) is 0 Å². The minimum absolute atomic E-state index is 0.188. The van der Waals surface area contributed by atoms with Gasteiger partial charge in [-0.05, 0) is 38.2 Å². The summed E-state index contributed by atoms with van der Waals surface area (Å²) in [6.45, 7) is 7.01. The van der Waals surface area contributed by atoms with Gasteiger partial charge >= 0.3 is 0 Å². The molecular formula is C26H38N4O4. The van der Waals surface area contributed by atoms with Crippen molar-refractivity contribution < 1.29 is 19.1 Å². The fraction of sp³-hybridized carbons (Fsp3) is 0.577. The molecule has 0 saturated heterocycles. The first-order valence-corrected chi connectivity index (χ1v) is 12.3. The summed E-state index contributed by atoms with van der Waals surface area (Å²) in [5, 5.41) is 12.0. The van der Waals surface area contributed by atoms with Crippen LogP contribution in [0.3, 0.4) is 0 Å². The molecule has 1 aromatic carbocycles. The molecule has 4 N–H and O–H groups in total. The number of fused-ring (bicyclic) bond motifs is 1. The molecule has 0 bridgehead atoms. The maximum absolute atomic E-state index is 13.3. The number of carbonyl (C=O) groups excluding carboxylic acids is 3. The SMILES string of the molecule is CC(C)CC1NCCOc2ccccc2/C=C/CNC(=O)C(C)NC(=O)C2(CCCC2)NC1=O. The van der Waals surface area contributed by atoms with Gasteiger partial charge in [0.25, 0.3) is 0 Å². The quantitative estimate of drug-likeness (QED) is 0.530. The Morgan fingerprint density at radius 1 is 1.09 bits per heavy atom. The van der Waals surface area contributed by atoms with E-state index in [0.29, 0.717) is 44.9 Å². The van der Waals surface area contributed by atoms with Crippen molar-refractivity contribution in [2.75, 3.05) is 19.7 Å². The Hall–Kier alpha value is -2.87. The zero-order valence-electron chi connectivity index (χ0n) is 20.5. The molecule has 3 rings (SSSR count). The molecule has 1 fully saturated rings. The van der Waals surface area contributed by atoms with Gasteiger partial charge in [-0.15, -0.1) is 0 Å². The van der Waals surface area contributed by atoms with Crippen LogP contribution in [0.2, 0.25) is 0 Å². The van der Waals surface area contributed by atoms with Gasteiger partial charge in [0, 0.05) is 18.7 Å². The van der Waals surface area contributed by atoms with Crippen molar-refractivity contribution in [3.05, 3.63) is 35.9 Å². The van der Waals surface area contributed by atoms with Crippen LogP contribution in [0.4, 0.5) is 0 Å². The first-order valence-electron chi connectivity index (χ1n) is 12.3. The van der Waals surface area contributed by atoms with E-state index >= 15 is 0 Å². The molecule has 1 aliphatic heterocycles. The maximum atomic E-state index is 13.3. The van der Waals surface area contributed by atoms with E-state index in [2.05, 4.69) is 35.1 Å².